The van der Waals surface area contributed by atoms with Crippen LogP contribution in [0.15, 0.2) is 18.6 Å². The molecule has 3 heterocycles. The summed E-state index contributed by atoms with van der Waals surface area (Å²) in [5.41, 5.74) is 1.39. The van der Waals surface area contributed by atoms with Crippen LogP contribution in [0.1, 0.15) is 35.0 Å². The summed E-state index contributed by atoms with van der Waals surface area (Å²) >= 11 is 1.03. The predicted molar refractivity (Wildman–Crippen MR) is 72.2 cm³/mol. The average molecular weight is 293 g/mol. The molecule has 2 aromatic rings. The highest BCUT2D eigenvalue weighted by Crippen LogP contribution is 2.32. The van der Waals surface area contributed by atoms with Crippen LogP contribution in [0.25, 0.3) is 0 Å². The molecule has 2 aromatic heterocycles. The molecule has 0 bridgehead atoms. The molecule has 0 unspecified atom stereocenters. The van der Waals surface area contributed by atoms with Crippen molar-refractivity contribution in [3.05, 3.63) is 29.8 Å². The zero-order valence-corrected chi connectivity index (χ0v) is 11.6. The molecule has 0 radical (unpaired) electrons. The molecular weight excluding hydrogens is 278 g/mol. The first-order valence-corrected chi connectivity index (χ1v) is 7.23. The minimum atomic E-state index is -0.185. The number of rotatable bonds is 4. The summed E-state index contributed by atoms with van der Waals surface area (Å²) in [6.45, 7) is 1.31. The summed E-state index contributed by atoms with van der Waals surface area (Å²) in [6.07, 6.45) is 7.10. The van der Waals surface area contributed by atoms with E-state index in [2.05, 4.69) is 24.3 Å². The number of ether oxygens (including phenoxy) is 1. The number of nitrogens with zero attached hydrogens (tertiary/aromatic N) is 3. The van der Waals surface area contributed by atoms with E-state index in [0.717, 1.165) is 36.7 Å². The molecule has 7 nitrogen and oxygen atoms in total. The average Bonchev–Trinajstić information content (AvgIpc) is 3.17. The van der Waals surface area contributed by atoms with Gasteiger partial charge in [0.2, 0.25) is 0 Å². The van der Waals surface area contributed by atoms with Crippen LogP contribution >= 0.6 is 11.7 Å². The first-order valence-electron chi connectivity index (χ1n) is 6.50. The van der Waals surface area contributed by atoms with Gasteiger partial charge in [-0.05, 0) is 12.8 Å². The Morgan fingerprint density at radius 3 is 3.25 bits per heavy atom. The van der Waals surface area contributed by atoms with E-state index in [9.17, 15) is 4.79 Å². The van der Waals surface area contributed by atoms with Crippen LogP contribution in [0.4, 0.5) is 0 Å². The Morgan fingerprint density at radius 2 is 2.50 bits per heavy atom. The molecule has 0 saturated carbocycles. The van der Waals surface area contributed by atoms with Gasteiger partial charge in [0.05, 0.1) is 30.2 Å². The summed E-state index contributed by atoms with van der Waals surface area (Å²) < 4.78 is 13.6. The monoisotopic (exact) mass is 293 g/mol. The van der Waals surface area contributed by atoms with Crippen LogP contribution in [0.2, 0.25) is 0 Å². The standard InChI is InChI=1S/C12H15N5O2S/c18-12(10-7-16-20-17-10)13-4-8-2-1-3-19-11(8)9-5-14-15-6-9/h5-8,11H,1-4H2,(H,13,18)(H,14,15)/t8-,11+/m0/s1. The van der Waals surface area contributed by atoms with Crippen molar-refractivity contribution in [2.75, 3.05) is 13.2 Å². The highest BCUT2D eigenvalue weighted by molar-refractivity contribution is 6.99. The topological polar surface area (TPSA) is 92.8 Å². The molecule has 106 valence electrons. The number of nitrogens with one attached hydrogen (secondary N) is 2. The Morgan fingerprint density at radius 1 is 1.55 bits per heavy atom. The van der Waals surface area contributed by atoms with Gasteiger partial charge in [0.25, 0.3) is 5.91 Å². The predicted octanol–water partition coefficient (Wildman–Crippen LogP) is 1.16. The van der Waals surface area contributed by atoms with Gasteiger partial charge in [0, 0.05) is 30.8 Å². The second kappa shape index (κ2) is 6.10. The van der Waals surface area contributed by atoms with Crippen molar-refractivity contribution in [2.45, 2.75) is 18.9 Å². The molecule has 1 saturated heterocycles. The SMILES string of the molecule is O=C(NC[C@@H]1CCCO[C@H]1c1cn[nH]c1)c1cnsn1. The summed E-state index contributed by atoms with van der Waals surface area (Å²) in [7, 11) is 0. The zero-order valence-electron chi connectivity index (χ0n) is 10.8. The molecule has 2 N–H and O–H groups in total. The Bertz CT molecular complexity index is 542. The molecule has 8 heteroatoms. The number of hydrogen-bond acceptors (Lipinski definition) is 6. The Hall–Kier alpha value is -1.80. The first kappa shape index (κ1) is 13.2. The summed E-state index contributed by atoms with van der Waals surface area (Å²) in [4.78, 5) is 11.9. The van der Waals surface area contributed by atoms with Crippen LogP contribution < -0.4 is 5.32 Å². The van der Waals surface area contributed by atoms with Gasteiger partial charge in [-0.25, -0.2) is 0 Å². The van der Waals surface area contributed by atoms with Crippen LogP contribution in [0, 0.1) is 5.92 Å². The number of amides is 1. The highest BCUT2D eigenvalue weighted by Gasteiger charge is 2.28. The van der Waals surface area contributed by atoms with Crippen molar-refractivity contribution in [2.24, 2.45) is 5.92 Å². The van der Waals surface area contributed by atoms with E-state index in [0.29, 0.717) is 12.2 Å². The maximum atomic E-state index is 11.9. The second-order valence-electron chi connectivity index (χ2n) is 4.73. The van der Waals surface area contributed by atoms with E-state index < -0.39 is 0 Å². The number of carbonyl (C=O) groups is 1. The van der Waals surface area contributed by atoms with Gasteiger partial charge in [0.1, 0.15) is 0 Å². The van der Waals surface area contributed by atoms with Crippen LogP contribution in [-0.2, 0) is 4.74 Å². The van der Waals surface area contributed by atoms with E-state index in [1.807, 2.05) is 6.20 Å². The lowest BCUT2D eigenvalue weighted by molar-refractivity contribution is -0.0272. The van der Waals surface area contributed by atoms with Crippen LogP contribution in [0.5, 0.6) is 0 Å². The number of carbonyl (C=O) groups excluding carboxylic acids is 1. The van der Waals surface area contributed by atoms with Gasteiger partial charge >= 0.3 is 0 Å². The maximum Gasteiger partial charge on any atom is 0.272 e. The molecule has 20 heavy (non-hydrogen) atoms. The molecule has 0 spiro atoms. The van der Waals surface area contributed by atoms with E-state index in [-0.39, 0.29) is 17.9 Å². The second-order valence-corrected chi connectivity index (χ2v) is 5.28. The molecule has 3 rings (SSSR count). The summed E-state index contributed by atoms with van der Waals surface area (Å²) in [6, 6.07) is 0. The molecule has 0 aromatic carbocycles. The fourth-order valence-electron chi connectivity index (χ4n) is 2.42. The smallest absolute Gasteiger partial charge is 0.272 e. The van der Waals surface area contributed by atoms with E-state index in [1.165, 1.54) is 6.20 Å². The van der Waals surface area contributed by atoms with Crippen molar-refractivity contribution in [3.63, 3.8) is 0 Å². The number of hydrogen-bond donors (Lipinski definition) is 2. The number of aromatic nitrogens is 4. The molecule has 0 aliphatic carbocycles. The summed E-state index contributed by atoms with van der Waals surface area (Å²) in [5, 5.41) is 9.66. The highest BCUT2D eigenvalue weighted by atomic mass is 32.1. The van der Waals surface area contributed by atoms with E-state index in [1.54, 1.807) is 6.20 Å². The number of aromatic amines is 1. The minimum Gasteiger partial charge on any atom is -0.373 e. The molecule has 1 fully saturated rings. The quantitative estimate of drug-likeness (QED) is 0.882. The number of H-pyrrole nitrogens is 1. The Balaban J connectivity index is 1.61. The van der Waals surface area contributed by atoms with Crippen LogP contribution in [-0.4, -0.2) is 38.0 Å². The summed E-state index contributed by atoms with van der Waals surface area (Å²) in [5.74, 6) is 0.0622. The van der Waals surface area contributed by atoms with Gasteiger partial charge in [-0.15, -0.1) is 0 Å². The van der Waals surface area contributed by atoms with Gasteiger partial charge in [-0.2, -0.15) is 13.8 Å². The molecular formula is C12H15N5O2S. The third-order valence-electron chi connectivity index (χ3n) is 3.41. The first-order chi connectivity index (χ1) is 9.84. The largest absolute Gasteiger partial charge is 0.373 e. The van der Waals surface area contributed by atoms with Crippen molar-refractivity contribution < 1.29 is 9.53 Å². The van der Waals surface area contributed by atoms with Crippen molar-refractivity contribution in [1.29, 1.82) is 0 Å². The lowest BCUT2D eigenvalue weighted by Gasteiger charge is -2.31. The lowest BCUT2D eigenvalue weighted by atomic mass is 9.91. The third kappa shape index (κ3) is 2.86. The normalized spacial score (nSPS) is 22.6. The van der Waals surface area contributed by atoms with Gasteiger partial charge < -0.3 is 10.1 Å². The lowest BCUT2D eigenvalue weighted by Crippen LogP contribution is -2.35. The van der Waals surface area contributed by atoms with Crippen LogP contribution in [0.3, 0.4) is 0 Å². The fraction of sp³-hybridized carbons (Fsp3) is 0.500. The maximum absolute atomic E-state index is 11.9. The fourth-order valence-corrected chi connectivity index (χ4v) is 2.83. The molecule has 1 aliphatic rings. The van der Waals surface area contributed by atoms with Gasteiger partial charge in [-0.1, -0.05) is 0 Å². The van der Waals surface area contributed by atoms with Gasteiger partial charge in [-0.3, -0.25) is 9.89 Å². The molecule has 2 atom stereocenters. The van der Waals surface area contributed by atoms with Gasteiger partial charge in [0.15, 0.2) is 5.69 Å². The minimum absolute atomic E-state index is 0.0173. The van der Waals surface area contributed by atoms with Crippen molar-refractivity contribution >= 4 is 17.6 Å². The molecule has 1 amide bonds. The Kier molecular flexibility index (Phi) is 4.03. The van der Waals surface area contributed by atoms with E-state index in [4.69, 9.17) is 4.74 Å². The Labute approximate surface area is 120 Å². The van der Waals surface area contributed by atoms with Crippen molar-refractivity contribution in [1.82, 2.24) is 24.3 Å². The van der Waals surface area contributed by atoms with E-state index >= 15 is 0 Å². The molecule has 1 aliphatic heterocycles. The third-order valence-corrected chi connectivity index (χ3v) is 3.89. The van der Waals surface area contributed by atoms with Crippen molar-refractivity contribution in [3.8, 4) is 0 Å². The zero-order chi connectivity index (χ0) is 13.8.